The van der Waals surface area contributed by atoms with Crippen LogP contribution in [0.3, 0.4) is 0 Å². The molecule has 1 heterocycles. The Hall–Kier alpha value is -1.76. The van der Waals surface area contributed by atoms with E-state index < -0.39 is 0 Å². The van der Waals surface area contributed by atoms with Crippen molar-refractivity contribution in [2.75, 3.05) is 12.3 Å². The zero-order valence-corrected chi connectivity index (χ0v) is 9.24. The Balaban J connectivity index is 3.01. The number of terminal acetylenes is 1. The predicted molar refractivity (Wildman–Crippen MR) is 59.5 cm³/mol. The van der Waals surface area contributed by atoms with Gasteiger partial charge in [0.05, 0.1) is 0 Å². The monoisotopic (exact) mass is 205 g/mol. The summed E-state index contributed by atoms with van der Waals surface area (Å²) in [5, 5.41) is 0. The smallest absolute Gasteiger partial charge is 0.219 e. The van der Waals surface area contributed by atoms with Crippen LogP contribution in [0.2, 0.25) is 0 Å². The molecule has 1 rings (SSSR count). The van der Waals surface area contributed by atoms with Gasteiger partial charge in [-0.2, -0.15) is 4.98 Å². The van der Waals surface area contributed by atoms with Crippen LogP contribution >= 0.6 is 0 Å². The van der Waals surface area contributed by atoms with Crippen molar-refractivity contribution in [1.82, 2.24) is 9.97 Å². The van der Waals surface area contributed by atoms with E-state index in [-0.39, 0.29) is 12.0 Å². The topological polar surface area (TPSA) is 61.0 Å². The highest BCUT2D eigenvalue weighted by atomic mass is 16.5. The molecular formula is C11H15N3O. The first-order valence-electron chi connectivity index (χ1n) is 4.65. The molecule has 0 saturated heterocycles. The second kappa shape index (κ2) is 4.18. The van der Waals surface area contributed by atoms with Crippen LogP contribution in [0.15, 0.2) is 6.07 Å². The molecule has 0 aliphatic heterocycles. The van der Waals surface area contributed by atoms with Crippen molar-refractivity contribution in [3.63, 3.8) is 0 Å². The van der Waals surface area contributed by atoms with Gasteiger partial charge in [-0.3, -0.25) is 0 Å². The number of anilines is 1. The molecule has 0 unspecified atom stereocenters. The van der Waals surface area contributed by atoms with E-state index in [1.165, 1.54) is 0 Å². The molecule has 2 N–H and O–H groups in total. The van der Waals surface area contributed by atoms with Gasteiger partial charge < -0.3 is 10.5 Å². The third-order valence-electron chi connectivity index (χ3n) is 1.70. The maximum absolute atomic E-state index is 5.65. The number of hydrogen-bond donors (Lipinski definition) is 1. The maximum atomic E-state index is 5.65. The number of nitrogens with zero attached hydrogens (tertiary/aromatic N) is 2. The average molecular weight is 205 g/mol. The molecule has 0 bridgehead atoms. The van der Waals surface area contributed by atoms with E-state index in [9.17, 15) is 0 Å². The first kappa shape index (κ1) is 11.3. The number of aromatic nitrogens is 2. The number of rotatable bonds is 2. The Morgan fingerprint density at radius 2 is 2.13 bits per heavy atom. The molecule has 0 aromatic carbocycles. The van der Waals surface area contributed by atoms with Crippen LogP contribution in [0, 0.1) is 12.3 Å². The third-order valence-corrected chi connectivity index (χ3v) is 1.70. The maximum Gasteiger partial charge on any atom is 0.219 e. The molecule has 1 aromatic rings. The van der Waals surface area contributed by atoms with Crippen LogP contribution in [-0.4, -0.2) is 16.6 Å². The molecule has 0 fully saturated rings. The molecule has 0 radical (unpaired) electrons. The molecule has 0 aliphatic rings. The largest absolute Gasteiger partial charge is 0.464 e. The number of nitrogens with two attached hydrogens (primary N) is 1. The summed E-state index contributed by atoms with van der Waals surface area (Å²) in [5.74, 6) is 3.83. The zero-order valence-electron chi connectivity index (χ0n) is 9.24. The lowest BCUT2D eigenvalue weighted by Gasteiger charge is -2.17. The average Bonchev–Trinajstić information content (AvgIpc) is 2.12. The minimum atomic E-state index is -0.163. The van der Waals surface area contributed by atoms with E-state index in [0.29, 0.717) is 17.5 Å². The Bertz CT molecular complexity index is 388. The molecule has 0 spiro atoms. The second-order valence-electron chi connectivity index (χ2n) is 4.20. The van der Waals surface area contributed by atoms with Crippen molar-refractivity contribution in [2.24, 2.45) is 0 Å². The lowest BCUT2D eigenvalue weighted by atomic mass is 9.96. The first-order chi connectivity index (χ1) is 6.93. The fourth-order valence-electron chi connectivity index (χ4n) is 0.968. The highest BCUT2D eigenvalue weighted by Gasteiger charge is 2.18. The molecule has 0 atom stereocenters. The molecule has 1 aromatic heterocycles. The van der Waals surface area contributed by atoms with Crippen molar-refractivity contribution >= 4 is 5.82 Å². The van der Waals surface area contributed by atoms with Crippen LogP contribution in [0.25, 0.3) is 0 Å². The number of ether oxygens (including phenoxy) is 1. The van der Waals surface area contributed by atoms with Crippen molar-refractivity contribution in [2.45, 2.75) is 26.2 Å². The van der Waals surface area contributed by atoms with Gasteiger partial charge >= 0.3 is 0 Å². The van der Waals surface area contributed by atoms with Gasteiger partial charge in [-0.05, 0) is 0 Å². The van der Waals surface area contributed by atoms with Crippen LogP contribution in [-0.2, 0) is 5.41 Å². The first-order valence-corrected chi connectivity index (χ1v) is 4.65. The minimum Gasteiger partial charge on any atom is -0.464 e. The quantitative estimate of drug-likeness (QED) is 0.741. The van der Waals surface area contributed by atoms with Gasteiger partial charge in [0, 0.05) is 11.5 Å². The van der Waals surface area contributed by atoms with Crippen molar-refractivity contribution in [3.8, 4) is 18.2 Å². The summed E-state index contributed by atoms with van der Waals surface area (Å²) in [7, 11) is 0. The SMILES string of the molecule is C#CCOc1cc(N)nc(C(C)(C)C)n1. The van der Waals surface area contributed by atoms with Crippen LogP contribution in [0.5, 0.6) is 5.88 Å². The molecule has 0 saturated carbocycles. The molecule has 80 valence electrons. The Kier molecular flexibility index (Phi) is 3.15. The molecule has 4 heteroatoms. The van der Waals surface area contributed by atoms with Gasteiger partial charge in [-0.1, -0.05) is 26.7 Å². The lowest BCUT2D eigenvalue weighted by Crippen LogP contribution is -2.17. The van der Waals surface area contributed by atoms with E-state index in [1.807, 2.05) is 20.8 Å². The van der Waals surface area contributed by atoms with Gasteiger partial charge in [0.15, 0.2) is 6.61 Å². The summed E-state index contributed by atoms with van der Waals surface area (Å²) in [6.45, 7) is 6.20. The van der Waals surface area contributed by atoms with Crippen LogP contribution in [0.4, 0.5) is 5.82 Å². The summed E-state index contributed by atoms with van der Waals surface area (Å²) in [6, 6.07) is 1.56. The molecule has 0 aliphatic carbocycles. The van der Waals surface area contributed by atoms with E-state index in [2.05, 4.69) is 15.9 Å². The summed E-state index contributed by atoms with van der Waals surface area (Å²) in [6.07, 6.45) is 5.09. The fourth-order valence-corrected chi connectivity index (χ4v) is 0.968. The number of nitrogen functional groups attached to an aromatic ring is 1. The van der Waals surface area contributed by atoms with E-state index in [0.717, 1.165) is 0 Å². The standard InChI is InChI=1S/C11H15N3O/c1-5-6-15-9-7-8(12)13-10(14-9)11(2,3)4/h1,7H,6H2,2-4H3,(H2,12,13,14). The van der Waals surface area contributed by atoms with Crippen molar-refractivity contribution < 1.29 is 4.74 Å². The van der Waals surface area contributed by atoms with E-state index in [1.54, 1.807) is 6.07 Å². The second-order valence-corrected chi connectivity index (χ2v) is 4.20. The highest BCUT2D eigenvalue weighted by Crippen LogP contribution is 2.21. The minimum absolute atomic E-state index is 0.163. The van der Waals surface area contributed by atoms with Gasteiger partial charge in [0.2, 0.25) is 5.88 Å². The molecule has 0 amide bonds. The summed E-state index contributed by atoms with van der Waals surface area (Å²) >= 11 is 0. The van der Waals surface area contributed by atoms with E-state index >= 15 is 0 Å². The summed E-state index contributed by atoms with van der Waals surface area (Å²) in [4.78, 5) is 8.38. The van der Waals surface area contributed by atoms with Crippen molar-refractivity contribution in [1.29, 1.82) is 0 Å². The van der Waals surface area contributed by atoms with Crippen molar-refractivity contribution in [3.05, 3.63) is 11.9 Å². The lowest BCUT2D eigenvalue weighted by molar-refractivity contribution is 0.350. The fraction of sp³-hybridized carbons (Fsp3) is 0.455. The number of hydrogen-bond acceptors (Lipinski definition) is 4. The van der Waals surface area contributed by atoms with Crippen LogP contribution < -0.4 is 10.5 Å². The molecule has 4 nitrogen and oxygen atoms in total. The third kappa shape index (κ3) is 3.13. The Morgan fingerprint density at radius 1 is 1.47 bits per heavy atom. The van der Waals surface area contributed by atoms with Gasteiger partial charge in [0.1, 0.15) is 11.6 Å². The van der Waals surface area contributed by atoms with Gasteiger partial charge in [0.25, 0.3) is 0 Å². The molecular weight excluding hydrogens is 190 g/mol. The van der Waals surface area contributed by atoms with Crippen LogP contribution in [0.1, 0.15) is 26.6 Å². The summed E-state index contributed by atoms with van der Waals surface area (Å²) < 4.78 is 5.20. The van der Waals surface area contributed by atoms with Gasteiger partial charge in [-0.25, -0.2) is 4.98 Å². The molecule has 15 heavy (non-hydrogen) atoms. The Labute approximate surface area is 89.9 Å². The normalized spacial score (nSPS) is 10.8. The highest BCUT2D eigenvalue weighted by molar-refractivity contribution is 5.34. The zero-order chi connectivity index (χ0) is 11.5. The van der Waals surface area contributed by atoms with E-state index in [4.69, 9.17) is 16.9 Å². The Morgan fingerprint density at radius 3 is 2.67 bits per heavy atom. The summed E-state index contributed by atoms with van der Waals surface area (Å²) in [5.41, 5.74) is 5.48. The predicted octanol–water partition coefficient (Wildman–Crippen LogP) is 1.37. The van der Waals surface area contributed by atoms with Gasteiger partial charge in [-0.15, -0.1) is 6.42 Å².